The van der Waals surface area contributed by atoms with Crippen molar-refractivity contribution in [3.05, 3.63) is 29.3 Å². The van der Waals surface area contributed by atoms with Crippen LogP contribution in [0.4, 0.5) is 5.69 Å². The van der Waals surface area contributed by atoms with E-state index in [1.165, 1.54) is 0 Å². The van der Waals surface area contributed by atoms with E-state index in [2.05, 4.69) is 0 Å². The zero-order chi connectivity index (χ0) is 11.3. The van der Waals surface area contributed by atoms with E-state index in [1.54, 1.807) is 6.07 Å². The van der Waals surface area contributed by atoms with Crippen molar-refractivity contribution in [2.45, 2.75) is 12.5 Å². The Hall–Kier alpha value is -1.22. The number of carboxylic acid groups (broad SMARTS) is 1. The standard InChI is InChI=1S/C12H12ClNO2/c13-9-3-1-2-4-10(9)14-6-7-5-8(7)11(14)12(15)16/h1-4,7-8,11H,5-6H2,(H,15,16). The molecule has 1 aromatic carbocycles. The van der Waals surface area contributed by atoms with Gasteiger partial charge in [-0.1, -0.05) is 23.7 Å². The number of hydrogen-bond donors (Lipinski definition) is 1. The van der Waals surface area contributed by atoms with Gasteiger partial charge in [0.1, 0.15) is 6.04 Å². The third kappa shape index (κ3) is 1.39. The Kier molecular flexibility index (Phi) is 2.11. The van der Waals surface area contributed by atoms with E-state index in [1.807, 2.05) is 23.1 Å². The van der Waals surface area contributed by atoms with Crippen LogP contribution < -0.4 is 4.90 Å². The maximum absolute atomic E-state index is 11.2. The van der Waals surface area contributed by atoms with E-state index in [0.29, 0.717) is 16.9 Å². The fraction of sp³-hybridized carbons (Fsp3) is 0.417. The molecule has 2 fully saturated rings. The molecular weight excluding hydrogens is 226 g/mol. The SMILES string of the molecule is O=C(O)C1C2CC2CN1c1ccccc1Cl. The lowest BCUT2D eigenvalue weighted by Gasteiger charge is -2.27. The van der Waals surface area contributed by atoms with E-state index in [0.717, 1.165) is 18.7 Å². The van der Waals surface area contributed by atoms with Crippen molar-refractivity contribution in [1.29, 1.82) is 0 Å². The number of aliphatic carboxylic acids is 1. The molecule has 0 radical (unpaired) electrons. The highest BCUT2D eigenvalue weighted by molar-refractivity contribution is 6.33. The summed E-state index contributed by atoms with van der Waals surface area (Å²) in [5.74, 6) is 0.149. The molecule has 3 nitrogen and oxygen atoms in total. The Morgan fingerprint density at radius 1 is 1.44 bits per heavy atom. The fourth-order valence-electron chi connectivity index (χ4n) is 2.71. The van der Waals surface area contributed by atoms with Gasteiger partial charge in [0.2, 0.25) is 0 Å². The molecule has 4 heteroatoms. The van der Waals surface area contributed by atoms with E-state index < -0.39 is 5.97 Å². The smallest absolute Gasteiger partial charge is 0.326 e. The monoisotopic (exact) mass is 237 g/mol. The summed E-state index contributed by atoms with van der Waals surface area (Å²) < 4.78 is 0. The van der Waals surface area contributed by atoms with Gasteiger partial charge in [0.25, 0.3) is 0 Å². The van der Waals surface area contributed by atoms with E-state index in [4.69, 9.17) is 11.6 Å². The van der Waals surface area contributed by atoms with Crippen molar-refractivity contribution in [3.8, 4) is 0 Å². The number of rotatable bonds is 2. The van der Waals surface area contributed by atoms with Crippen LogP contribution in [0.25, 0.3) is 0 Å². The summed E-state index contributed by atoms with van der Waals surface area (Å²) in [5, 5.41) is 9.88. The molecule has 3 rings (SSSR count). The van der Waals surface area contributed by atoms with Gasteiger partial charge in [0, 0.05) is 6.54 Å². The summed E-state index contributed by atoms with van der Waals surface area (Å²) in [6.07, 6.45) is 1.05. The Labute approximate surface area is 98.6 Å². The van der Waals surface area contributed by atoms with Crippen molar-refractivity contribution in [3.63, 3.8) is 0 Å². The van der Waals surface area contributed by atoms with Crippen LogP contribution in [-0.2, 0) is 4.79 Å². The molecule has 1 aliphatic carbocycles. The quantitative estimate of drug-likeness (QED) is 0.858. The third-order valence-electron chi connectivity index (χ3n) is 3.56. The van der Waals surface area contributed by atoms with Crippen LogP contribution in [0.15, 0.2) is 24.3 Å². The molecule has 0 amide bonds. The normalized spacial score (nSPS) is 31.3. The predicted octanol–water partition coefficient (Wildman–Crippen LogP) is 2.25. The average molecular weight is 238 g/mol. The summed E-state index contributed by atoms with van der Waals surface area (Å²) in [5.41, 5.74) is 0.851. The molecule has 1 heterocycles. The summed E-state index contributed by atoms with van der Waals surface area (Å²) in [6, 6.07) is 7.07. The van der Waals surface area contributed by atoms with Crippen LogP contribution in [-0.4, -0.2) is 23.7 Å². The van der Waals surface area contributed by atoms with Crippen LogP contribution in [0.5, 0.6) is 0 Å². The number of hydrogen-bond acceptors (Lipinski definition) is 2. The Balaban J connectivity index is 1.96. The number of benzene rings is 1. The minimum Gasteiger partial charge on any atom is -0.480 e. The molecule has 0 aromatic heterocycles. The van der Waals surface area contributed by atoms with Gasteiger partial charge in [-0.05, 0) is 30.4 Å². The molecule has 1 saturated carbocycles. The van der Waals surface area contributed by atoms with Crippen molar-refractivity contribution < 1.29 is 9.90 Å². The topological polar surface area (TPSA) is 40.5 Å². The number of para-hydroxylation sites is 1. The van der Waals surface area contributed by atoms with Gasteiger partial charge in [0.15, 0.2) is 0 Å². The lowest BCUT2D eigenvalue weighted by atomic mass is 10.1. The second kappa shape index (κ2) is 3.39. The van der Waals surface area contributed by atoms with Crippen LogP contribution in [0, 0.1) is 11.8 Å². The average Bonchev–Trinajstić information content (AvgIpc) is 2.89. The maximum atomic E-state index is 11.2. The largest absolute Gasteiger partial charge is 0.480 e. The van der Waals surface area contributed by atoms with Crippen molar-refractivity contribution >= 4 is 23.3 Å². The van der Waals surface area contributed by atoms with E-state index >= 15 is 0 Å². The van der Waals surface area contributed by atoms with Crippen molar-refractivity contribution in [2.24, 2.45) is 11.8 Å². The molecule has 3 unspecified atom stereocenters. The minimum atomic E-state index is -0.732. The zero-order valence-corrected chi connectivity index (χ0v) is 9.39. The van der Waals surface area contributed by atoms with Crippen LogP contribution in [0.3, 0.4) is 0 Å². The van der Waals surface area contributed by atoms with Gasteiger partial charge in [-0.2, -0.15) is 0 Å². The first-order valence-corrected chi connectivity index (χ1v) is 5.80. The summed E-state index contributed by atoms with van der Waals surface area (Å²) >= 11 is 6.10. The summed E-state index contributed by atoms with van der Waals surface area (Å²) in [6.45, 7) is 0.825. The van der Waals surface area contributed by atoms with Gasteiger partial charge in [-0.25, -0.2) is 4.79 Å². The number of halogens is 1. The van der Waals surface area contributed by atoms with E-state index in [9.17, 15) is 9.90 Å². The molecule has 2 aliphatic rings. The lowest BCUT2D eigenvalue weighted by Crippen LogP contribution is -2.39. The van der Waals surface area contributed by atoms with Gasteiger partial charge in [-0.15, -0.1) is 0 Å². The van der Waals surface area contributed by atoms with Crippen LogP contribution in [0.2, 0.25) is 5.02 Å². The number of carbonyl (C=O) groups is 1. The first kappa shape index (κ1) is 9.97. The first-order valence-electron chi connectivity index (χ1n) is 5.42. The highest BCUT2D eigenvalue weighted by Crippen LogP contribution is 2.51. The highest BCUT2D eigenvalue weighted by Gasteiger charge is 2.55. The number of anilines is 1. The molecule has 16 heavy (non-hydrogen) atoms. The highest BCUT2D eigenvalue weighted by atomic mass is 35.5. The van der Waals surface area contributed by atoms with Gasteiger partial charge >= 0.3 is 5.97 Å². The second-order valence-electron chi connectivity index (χ2n) is 4.55. The number of fused-ring (bicyclic) bond motifs is 1. The molecule has 0 bridgehead atoms. The number of nitrogens with zero attached hydrogens (tertiary/aromatic N) is 1. The molecule has 3 atom stereocenters. The number of carboxylic acids is 1. The van der Waals surface area contributed by atoms with Gasteiger partial charge < -0.3 is 10.0 Å². The lowest BCUT2D eigenvalue weighted by molar-refractivity contribution is -0.138. The zero-order valence-electron chi connectivity index (χ0n) is 8.64. The Bertz CT molecular complexity index is 448. The number of piperidine rings is 1. The Morgan fingerprint density at radius 3 is 2.88 bits per heavy atom. The Morgan fingerprint density at radius 2 is 2.19 bits per heavy atom. The molecule has 1 saturated heterocycles. The van der Waals surface area contributed by atoms with Crippen molar-refractivity contribution in [2.75, 3.05) is 11.4 Å². The molecule has 1 aromatic rings. The van der Waals surface area contributed by atoms with Crippen LogP contribution >= 0.6 is 11.6 Å². The van der Waals surface area contributed by atoms with Crippen LogP contribution in [0.1, 0.15) is 6.42 Å². The van der Waals surface area contributed by atoms with Crippen molar-refractivity contribution in [1.82, 2.24) is 0 Å². The minimum absolute atomic E-state index is 0.328. The molecule has 1 aliphatic heterocycles. The molecule has 1 N–H and O–H groups in total. The summed E-state index contributed by atoms with van der Waals surface area (Å²) in [7, 11) is 0. The second-order valence-corrected chi connectivity index (χ2v) is 4.95. The fourth-order valence-corrected chi connectivity index (χ4v) is 2.96. The maximum Gasteiger partial charge on any atom is 0.326 e. The first-order chi connectivity index (χ1) is 7.68. The summed E-state index contributed by atoms with van der Waals surface area (Å²) in [4.78, 5) is 13.2. The third-order valence-corrected chi connectivity index (χ3v) is 3.88. The predicted molar refractivity (Wildman–Crippen MR) is 61.8 cm³/mol. The van der Waals surface area contributed by atoms with Gasteiger partial charge in [0.05, 0.1) is 10.7 Å². The molecule has 0 spiro atoms. The molecule has 84 valence electrons. The van der Waals surface area contributed by atoms with Gasteiger partial charge in [-0.3, -0.25) is 0 Å². The molecular formula is C12H12ClNO2. The van der Waals surface area contributed by atoms with E-state index in [-0.39, 0.29) is 6.04 Å².